The third-order valence-electron chi connectivity index (χ3n) is 6.90. The molecule has 8 heteroatoms. The van der Waals surface area contributed by atoms with Gasteiger partial charge in [0.2, 0.25) is 0 Å². The van der Waals surface area contributed by atoms with Crippen LogP contribution in [0, 0.1) is 11.2 Å². The van der Waals surface area contributed by atoms with Crippen LogP contribution in [0.15, 0.2) is 53.8 Å². The molecular formula is C26H32FN3O3S. The Balaban J connectivity index is 1.34. The molecule has 1 atom stereocenters. The number of hydrogen-bond donors (Lipinski definition) is 2. The van der Waals surface area contributed by atoms with E-state index >= 15 is 0 Å². The van der Waals surface area contributed by atoms with E-state index in [0.29, 0.717) is 29.5 Å². The highest BCUT2D eigenvalue weighted by Crippen LogP contribution is 2.39. The number of piperidine rings is 1. The fourth-order valence-corrected chi connectivity index (χ4v) is 5.54. The molecule has 0 bridgehead atoms. The van der Waals surface area contributed by atoms with E-state index in [9.17, 15) is 14.6 Å². The molecular weight excluding hydrogens is 453 g/mol. The van der Waals surface area contributed by atoms with Gasteiger partial charge in [-0.15, -0.1) is 11.8 Å². The minimum atomic E-state index is -0.978. The maximum atomic E-state index is 14.7. The summed E-state index contributed by atoms with van der Waals surface area (Å²) in [6, 6.07) is 11.2. The fraction of sp³-hybridized carbons (Fsp3) is 0.462. The van der Waals surface area contributed by atoms with Gasteiger partial charge in [-0.3, -0.25) is 4.98 Å². The lowest BCUT2D eigenvalue weighted by atomic mass is 9.74. The van der Waals surface area contributed by atoms with Gasteiger partial charge in [0.1, 0.15) is 11.6 Å². The van der Waals surface area contributed by atoms with Gasteiger partial charge in [0.15, 0.2) is 0 Å². The highest BCUT2D eigenvalue weighted by molar-refractivity contribution is 7.99. The van der Waals surface area contributed by atoms with Crippen molar-refractivity contribution in [2.75, 3.05) is 39.1 Å². The molecule has 1 aliphatic rings. The Kier molecular flexibility index (Phi) is 8.37. The SMILES string of the molecule is COc1ccc2ncc(F)c([C@H](O)CCC3(CO)CCN(CCSc4ccccn4)CC3)c2c1. The van der Waals surface area contributed by atoms with Gasteiger partial charge in [0, 0.05) is 36.1 Å². The second kappa shape index (κ2) is 11.4. The van der Waals surface area contributed by atoms with Crippen molar-refractivity contribution in [3.05, 3.63) is 60.2 Å². The van der Waals surface area contributed by atoms with Crippen LogP contribution >= 0.6 is 11.8 Å². The monoisotopic (exact) mass is 485 g/mol. The number of benzene rings is 1. The average Bonchev–Trinajstić information content (AvgIpc) is 2.88. The van der Waals surface area contributed by atoms with Gasteiger partial charge in [-0.1, -0.05) is 6.07 Å². The molecule has 3 aromatic rings. The van der Waals surface area contributed by atoms with E-state index in [1.807, 2.05) is 24.4 Å². The van der Waals surface area contributed by atoms with Gasteiger partial charge in [0.05, 0.1) is 30.0 Å². The van der Waals surface area contributed by atoms with Gasteiger partial charge in [-0.2, -0.15) is 0 Å². The number of aliphatic hydroxyl groups is 2. The van der Waals surface area contributed by atoms with Crippen LogP contribution in [-0.2, 0) is 0 Å². The number of nitrogens with zero attached hydrogens (tertiary/aromatic N) is 3. The van der Waals surface area contributed by atoms with Crippen molar-refractivity contribution < 1.29 is 19.3 Å². The molecule has 1 saturated heterocycles. The molecule has 0 unspecified atom stereocenters. The molecule has 1 aromatic carbocycles. The Morgan fingerprint density at radius 1 is 1.21 bits per heavy atom. The first kappa shape index (κ1) is 24.9. The van der Waals surface area contributed by atoms with E-state index in [0.717, 1.165) is 49.5 Å². The van der Waals surface area contributed by atoms with Gasteiger partial charge >= 0.3 is 0 Å². The number of hydrogen-bond acceptors (Lipinski definition) is 7. The standard InChI is InChI=1S/C26H32FN3O3S/c1-33-19-5-6-22-20(16-19)25(21(27)17-29-22)23(32)7-8-26(18-31)9-12-30(13-10-26)14-15-34-24-4-2-3-11-28-24/h2-6,11,16-17,23,31-32H,7-10,12-15,18H2,1H3/t23-/m1/s1. The summed E-state index contributed by atoms with van der Waals surface area (Å²) >= 11 is 1.75. The molecule has 1 fully saturated rings. The van der Waals surface area contributed by atoms with Crippen molar-refractivity contribution >= 4 is 22.7 Å². The molecule has 0 radical (unpaired) electrons. The van der Waals surface area contributed by atoms with Crippen molar-refractivity contribution in [3.8, 4) is 5.75 Å². The minimum Gasteiger partial charge on any atom is -0.497 e. The zero-order valence-corrected chi connectivity index (χ0v) is 20.3. The molecule has 0 spiro atoms. The zero-order chi connectivity index (χ0) is 24.0. The summed E-state index contributed by atoms with van der Waals surface area (Å²) < 4.78 is 20.0. The minimum absolute atomic E-state index is 0.0731. The fourth-order valence-electron chi connectivity index (χ4n) is 4.67. The van der Waals surface area contributed by atoms with Crippen molar-refractivity contribution in [1.82, 2.24) is 14.9 Å². The number of likely N-dealkylation sites (tertiary alicyclic amines) is 1. The van der Waals surface area contributed by atoms with E-state index < -0.39 is 11.9 Å². The predicted octanol–water partition coefficient (Wildman–Crippen LogP) is 4.46. The summed E-state index contributed by atoms with van der Waals surface area (Å²) in [5, 5.41) is 22.8. The highest BCUT2D eigenvalue weighted by atomic mass is 32.2. The Labute approximate surface area is 204 Å². The van der Waals surface area contributed by atoms with Crippen molar-refractivity contribution in [2.24, 2.45) is 5.41 Å². The molecule has 0 saturated carbocycles. The lowest BCUT2D eigenvalue weighted by Gasteiger charge is -2.41. The van der Waals surface area contributed by atoms with Crippen LogP contribution in [0.4, 0.5) is 4.39 Å². The summed E-state index contributed by atoms with van der Waals surface area (Å²) in [5.41, 5.74) is 0.619. The number of methoxy groups -OCH3 is 1. The smallest absolute Gasteiger partial charge is 0.147 e. The maximum absolute atomic E-state index is 14.7. The average molecular weight is 486 g/mol. The first-order chi connectivity index (χ1) is 16.5. The zero-order valence-electron chi connectivity index (χ0n) is 19.5. The van der Waals surface area contributed by atoms with E-state index in [2.05, 4.69) is 14.9 Å². The van der Waals surface area contributed by atoms with Crippen LogP contribution in [0.3, 0.4) is 0 Å². The molecule has 2 N–H and O–H groups in total. The van der Waals surface area contributed by atoms with E-state index in [-0.39, 0.29) is 17.6 Å². The third-order valence-corrected chi connectivity index (χ3v) is 7.82. The molecule has 3 heterocycles. The number of rotatable bonds is 10. The summed E-state index contributed by atoms with van der Waals surface area (Å²) in [7, 11) is 1.55. The normalized spacial score (nSPS) is 17.1. The molecule has 6 nitrogen and oxygen atoms in total. The summed E-state index contributed by atoms with van der Waals surface area (Å²) in [6.45, 7) is 2.86. The number of fused-ring (bicyclic) bond motifs is 1. The van der Waals surface area contributed by atoms with Crippen LogP contribution in [0.2, 0.25) is 0 Å². The van der Waals surface area contributed by atoms with E-state index in [1.165, 1.54) is 0 Å². The molecule has 2 aromatic heterocycles. The van der Waals surface area contributed by atoms with Crippen molar-refractivity contribution in [1.29, 1.82) is 0 Å². The lowest BCUT2D eigenvalue weighted by Crippen LogP contribution is -2.43. The topological polar surface area (TPSA) is 78.7 Å². The third kappa shape index (κ3) is 5.86. The summed E-state index contributed by atoms with van der Waals surface area (Å²) in [5.74, 6) is 1.04. The molecule has 0 aliphatic carbocycles. The molecule has 1 aliphatic heterocycles. The van der Waals surface area contributed by atoms with Gasteiger partial charge in [-0.25, -0.2) is 9.37 Å². The summed E-state index contributed by atoms with van der Waals surface area (Å²) in [4.78, 5) is 10.9. The van der Waals surface area contributed by atoms with E-state index in [4.69, 9.17) is 4.74 Å². The number of ether oxygens (including phenoxy) is 1. The van der Waals surface area contributed by atoms with Gasteiger partial charge in [-0.05, 0) is 74.5 Å². The molecule has 0 amide bonds. The molecule has 34 heavy (non-hydrogen) atoms. The number of halogens is 1. The van der Waals surface area contributed by atoms with Gasteiger partial charge < -0.3 is 19.8 Å². The number of aromatic nitrogens is 2. The van der Waals surface area contributed by atoms with Gasteiger partial charge in [0.25, 0.3) is 0 Å². The Morgan fingerprint density at radius 2 is 2.03 bits per heavy atom. The first-order valence-electron chi connectivity index (χ1n) is 11.7. The number of pyridine rings is 2. The Hall–Kier alpha value is -2.26. The second-order valence-electron chi connectivity index (χ2n) is 8.97. The van der Waals surface area contributed by atoms with Crippen LogP contribution < -0.4 is 4.74 Å². The maximum Gasteiger partial charge on any atom is 0.147 e. The van der Waals surface area contributed by atoms with Crippen LogP contribution in [-0.4, -0.2) is 64.2 Å². The largest absolute Gasteiger partial charge is 0.497 e. The Morgan fingerprint density at radius 3 is 2.74 bits per heavy atom. The van der Waals surface area contributed by atoms with Crippen molar-refractivity contribution in [3.63, 3.8) is 0 Å². The number of thioether (sulfide) groups is 1. The first-order valence-corrected chi connectivity index (χ1v) is 12.7. The Bertz CT molecular complexity index is 1080. The quantitative estimate of drug-likeness (QED) is 0.411. The van der Waals surface area contributed by atoms with E-state index in [1.54, 1.807) is 37.1 Å². The molecule has 4 rings (SSSR count). The summed E-state index contributed by atoms with van der Waals surface area (Å²) in [6.07, 6.45) is 4.72. The predicted molar refractivity (Wildman–Crippen MR) is 133 cm³/mol. The van der Waals surface area contributed by atoms with Crippen LogP contribution in [0.5, 0.6) is 5.75 Å². The van der Waals surface area contributed by atoms with Crippen LogP contribution in [0.25, 0.3) is 10.9 Å². The second-order valence-corrected chi connectivity index (χ2v) is 10.1. The number of aliphatic hydroxyl groups excluding tert-OH is 2. The van der Waals surface area contributed by atoms with Crippen molar-refractivity contribution in [2.45, 2.75) is 36.8 Å². The highest BCUT2D eigenvalue weighted by Gasteiger charge is 2.34. The molecule has 182 valence electrons. The van der Waals surface area contributed by atoms with Crippen LogP contribution in [0.1, 0.15) is 37.4 Å². The lowest BCUT2D eigenvalue weighted by molar-refractivity contribution is 0.0251.